The van der Waals surface area contributed by atoms with Crippen molar-refractivity contribution in [2.45, 2.75) is 26.3 Å². The van der Waals surface area contributed by atoms with E-state index < -0.39 is 0 Å². The second-order valence-corrected chi connectivity index (χ2v) is 6.90. The lowest BCUT2D eigenvalue weighted by atomic mass is 10.2. The lowest BCUT2D eigenvalue weighted by molar-refractivity contribution is 0.0783. The highest BCUT2D eigenvalue weighted by molar-refractivity contribution is 7.12. The van der Waals surface area contributed by atoms with Crippen LogP contribution >= 0.6 is 11.3 Å². The first kappa shape index (κ1) is 14.6. The Morgan fingerprint density at radius 2 is 2.17 bits per heavy atom. The molecule has 0 N–H and O–H groups in total. The third kappa shape index (κ3) is 2.49. The van der Waals surface area contributed by atoms with E-state index in [2.05, 4.69) is 18.1 Å². The monoisotopic (exact) mass is 333 g/mol. The Labute approximate surface area is 138 Å². The zero-order chi connectivity index (χ0) is 16.0. The van der Waals surface area contributed by atoms with Crippen molar-refractivity contribution in [1.29, 1.82) is 0 Å². The van der Waals surface area contributed by atoms with Gasteiger partial charge >= 0.3 is 0 Å². The van der Waals surface area contributed by atoms with Crippen molar-refractivity contribution in [3.63, 3.8) is 0 Å². The molecule has 0 bridgehead atoms. The van der Waals surface area contributed by atoms with E-state index in [4.69, 9.17) is 9.47 Å². The topological polar surface area (TPSA) is 56.6 Å². The summed E-state index contributed by atoms with van der Waals surface area (Å²) in [6.07, 6.45) is 0.929. The molecule has 0 aromatic carbocycles. The summed E-state index contributed by atoms with van der Waals surface area (Å²) in [4.78, 5) is 15.4. The van der Waals surface area contributed by atoms with Crippen LogP contribution in [0.1, 0.15) is 33.5 Å². The first-order valence-corrected chi connectivity index (χ1v) is 8.70. The molecule has 1 saturated heterocycles. The maximum absolute atomic E-state index is 12.8. The van der Waals surface area contributed by atoms with Gasteiger partial charge in [-0.3, -0.25) is 9.48 Å². The maximum Gasteiger partial charge on any atom is 0.267 e. The largest absolute Gasteiger partial charge is 0.485 e. The Morgan fingerprint density at radius 1 is 1.35 bits per heavy atom. The van der Waals surface area contributed by atoms with E-state index in [-0.39, 0.29) is 11.9 Å². The minimum absolute atomic E-state index is 0.0331. The van der Waals surface area contributed by atoms with Crippen LogP contribution in [-0.2, 0) is 0 Å². The average Bonchev–Trinajstić information content (AvgIpc) is 3.24. The Morgan fingerprint density at radius 3 is 2.96 bits per heavy atom. The molecule has 23 heavy (non-hydrogen) atoms. The van der Waals surface area contributed by atoms with E-state index in [1.165, 1.54) is 11.3 Å². The van der Waals surface area contributed by atoms with Crippen LogP contribution < -0.4 is 9.47 Å². The molecule has 1 fully saturated rings. The fourth-order valence-electron chi connectivity index (χ4n) is 3.30. The number of aromatic nitrogens is 2. The van der Waals surface area contributed by atoms with Gasteiger partial charge in [-0.25, -0.2) is 0 Å². The fraction of sp³-hybridized carbons (Fsp3) is 0.500. The number of rotatable bonds is 2. The number of ether oxygens (including phenoxy) is 2. The van der Waals surface area contributed by atoms with Crippen LogP contribution in [0.15, 0.2) is 11.4 Å². The molecule has 2 aliphatic rings. The predicted octanol–water partition coefficient (Wildman–Crippen LogP) is 2.42. The summed E-state index contributed by atoms with van der Waals surface area (Å²) < 4.78 is 13.2. The van der Waals surface area contributed by atoms with Gasteiger partial charge in [0, 0.05) is 24.2 Å². The van der Waals surface area contributed by atoms with Crippen molar-refractivity contribution >= 4 is 17.2 Å². The third-order valence-corrected chi connectivity index (χ3v) is 5.26. The van der Waals surface area contributed by atoms with Crippen molar-refractivity contribution in [3.05, 3.63) is 27.7 Å². The molecule has 4 rings (SSSR count). The normalized spacial score (nSPS) is 20.1. The van der Waals surface area contributed by atoms with Gasteiger partial charge in [-0.1, -0.05) is 0 Å². The molecule has 1 unspecified atom stereocenters. The number of fused-ring (bicyclic) bond motifs is 1. The van der Waals surface area contributed by atoms with Gasteiger partial charge in [0.15, 0.2) is 11.5 Å². The van der Waals surface area contributed by atoms with E-state index >= 15 is 0 Å². The molecular weight excluding hydrogens is 314 g/mol. The number of hydrogen-bond donors (Lipinski definition) is 0. The predicted molar refractivity (Wildman–Crippen MR) is 86.6 cm³/mol. The lowest BCUT2D eigenvalue weighted by Gasteiger charge is -2.19. The van der Waals surface area contributed by atoms with Crippen LogP contribution in [0.25, 0.3) is 0 Å². The van der Waals surface area contributed by atoms with Gasteiger partial charge in [0.1, 0.15) is 18.1 Å². The molecule has 2 aliphatic heterocycles. The molecule has 0 saturated carbocycles. The van der Waals surface area contributed by atoms with Crippen LogP contribution in [-0.4, -0.2) is 46.9 Å². The average molecular weight is 333 g/mol. The molecule has 6 nitrogen and oxygen atoms in total. The summed E-state index contributed by atoms with van der Waals surface area (Å²) in [6.45, 7) is 6.53. The van der Waals surface area contributed by atoms with Crippen LogP contribution in [0.4, 0.5) is 0 Å². The number of hydrogen-bond acceptors (Lipinski definition) is 5. The van der Waals surface area contributed by atoms with Crippen LogP contribution in [0.2, 0.25) is 0 Å². The van der Waals surface area contributed by atoms with E-state index in [0.29, 0.717) is 36.1 Å². The summed E-state index contributed by atoms with van der Waals surface area (Å²) in [6, 6.07) is 2.33. The smallest absolute Gasteiger partial charge is 0.267 e. The van der Waals surface area contributed by atoms with E-state index in [1.54, 1.807) is 0 Å². The van der Waals surface area contributed by atoms with E-state index in [9.17, 15) is 4.79 Å². The Kier molecular flexibility index (Phi) is 3.52. The zero-order valence-electron chi connectivity index (χ0n) is 13.2. The Balaban J connectivity index is 1.52. The lowest BCUT2D eigenvalue weighted by Crippen LogP contribution is -2.29. The van der Waals surface area contributed by atoms with Crippen molar-refractivity contribution < 1.29 is 14.3 Å². The minimum atomic E-state index is 0.0331. The number of thiophene rings is 1. The van der Waals surface area contributed by atoms with E-state index in [0.717, 1.165) is 24.4 Å². The van der Waals surface area contributed by atoms with Gasteiger partial charge in [0.2, 0.25) is 0 Å². The number of likely N-dealkylation sites (tertiary alicyclic amines) is 1. The highest BCUT2D eigenvalue weighted by Crippen LogP contribution is 2.40. The summed E-state index contributed by atoms with van der Waals surface area (Å²) in [5.74, 6) is 1.34. The number of amides is 1. The van der Waals surface area contributed by atoms with Crippen LogP contribution in [0.3, 0.4) is 0 Å². The van der Waals surface area contributed by atoms with Crippen LogP contribution in [0, 0.1) is 13.8 Å². The molecule has 2 aromatic heterocycles. The third-order valence-electron chi connectivity index (χ3n) is 4.34. The van der Waals surface area contributed by atoms with Crippen LogP contribution in [0.5, 0.6) is 11.5 Å². The van der Waals surface area contributed by atoms with Gasteiger partial charge < -0.3 is 14.4 Å². The molecule has 1 amide bonds. The second kappa shape index (κ2) is 5.56. The number of carbonyl (C=O) groups is 1. The number of carbonyl (C=O) groups excluding carboxylic acids is 1. The number of aryl methyl sites for hydroxylation is 2. The highest BCUT2D eigenvalue weighted by Gasteiger charge is 2.33. The van der Waals surface area contributed by atoms with E-state index in [1.807, 2.05) is 21.9 Å². The highest BCUT2D eigenvalue weighted by atomic mass is 32.1. The van der Waals surface area contributed by atoms with Crippen molar-refractivity contribution in [2.75, 3.05) is 26.3 Å². The van der Waals surface area contributed by atoms with Gasteiger partial charge in [-0.2, -0.15) is 5.10 Å². The van der Waals surface area contributed by atoms with Gasteiger partial charge in [0.05, 0.1) is 11.7 Å². The van der Waals surface area contributed by atoms with Crippen molar-refractivity contribution in [3.8, 4) is 11.5 Å². The summed E-state index contributed by atoms with van der Waals surface area (Å²) in [7, 11) is 0. The van der Waals surface area contributed by atoms with Crippen molar-refractivity contribution in [2.24, 2.45) is 0 Å². The summed E-state index contributed by atoms with van der Waals surface area (Å²) >= 11 is 1.40. The minimum Gasteiger partial charge on any atom is -0.485 e. The SMILES string of the molecule is Cc1cc(C)n(C2CCN(C(=O)c3scc4c3OCCO4)C2)n1. The van der Waals surface area contributed by atoms with Gasteiger partial charge in [0.25, 0.3) is 5.91 Å². The first-order chi connectivity index (χ1) is 11.1. The summed E-state index contributed by atoms with van der Waals surface area (Å²) in [5.41, 5.74) is 2.16. The molecule has 0 spiro atoms. The molecule has 0 aliphatic carbocycles. The summed E-state index contributed by atoms with van der Waals surface area (Å²) in [5, 5.41) is 6.41. The number of nitrogens with zero attached hydrogens (tertiary/aromatic N) is 3. The molecule has 0 radical (unpaired) electrons. The van der Waals surface area contributed by atoms with Gasteiger partial charge in [-0.15, -0.1) is 11.3 Å². The maximum atomic E-state index is 12.8. The fourth-order valence-corrected chi connectivity index (χ4v) is 4.19. The molecule has 2 aromatic rings. The zero-order valence-corrected chi connectivity index (χ0v) is 14.1. The second-order valence-electron chi connectivity index (χ2n) is 6.02. The molecule has 122 valence electrons. The quantitative estimate of drug-likeness (QED) is 0.847. The first-order valence-electron chi connectivity index (χ1n) is 7.82. The Hall–Kier alpha value is -2.02. The standard InChI is InChI=1S/C16H19N3O3S/c1-10-7-11(2)19(17-10)12-3-4-18(8-12)16(20)15-14-13(9-23-15)21-5-6-22-14/h7,9,12H,3-6,8H2,1-2H3. The Bertz CT molecular complexity index is 752. The molecular formula is C16H19N3O3S. The molecule has 7 heteroatoms. The molecule has 4 heterocycles. The van der Waals surface area contributed by atoms with Crippen molar-refractivity contribution in [1.82, 2.24) is 14.7 Å². The molecule has 1 atom stereocenters. The van der Waals surface area contributed by atoms with Gasteiger partial charge in [-0.05, 0) is 26.3 Å².